The maximum atomic E-state index is 13.1. The summed E-state index contributed by atoms with van der Waals surface area (Å²) < 4.78 is 13.1. The average molecular weight is 285 g/mol. The summed E-state index contributed by atoms with van der Waals surface area (Å²) in [6.45, 7) is 0.655. The van der Waals surface area contributed by atoms with Crippen LogP contribution in [0.1, 0.15) is 18.0 Å². The van der Waals surface area contributed by atoms with E-state index in [1.165, 1.54) is 12.1 Å². The van der Waals surface area contributed by atoms with Gasteiger partial charge in [0, 0.05) is 12.2 Å². The number of nitrogens with zero attached hydrogens (tertiary/aromatic N) is 1. The molecule has 3 rings (SSSR count). The molecule has 1 aliphatic heterocycles. The van der Waals surface area contributed by atoms with Gasteiger partial charge in [-0.25, -0.2) is 4.39 Å². The van der Waals surface area contributed by atoms with E-state index in [1.807, 2.05) is 35.2 Å². The fourth-order valence-corrected chi connectivity index (χ4v) is 3.04. The summed E-state index contributed by atoms with van der Waals surface area (Å²) in [7, 11) is 0. The zero-order chi connectivity index (χ0) is 14.8. The summed E-state index contributed by atoms with van der Waals surface area (Å²) in [6.07, 6.45) is 0.590. The highest BCUT2D eigenvalue weighted by Gasteiger charge is 2.39. The number of carboxylic acids is 1. The second kappa shape index (κ2) is 5.56. The number of anilines is 1. The van der Waals surface area contributed by atoms with E-state index >= 15 is 0 Å². The monoisotopic (exact) mass is 285 g/mol. The molecule has 21 heavy (non-hydrogen) atoms. The molecule has 0 bridgehead atoms. The van der Waals surface area contributed by atoms with Crippen LogP contribution in [0.4, 0.5) is 10.1 Å². The van der Waals surface area contributed by atoms with Crippen LogP contribution in [0.25, 0.3) is 0 Å². The molecular formula is C17H16FNO2. The Hall–Kier alpha value is -2.36. The maximum Gasteiger partial charge on any atom is 0.309 e. The molecule has 2 aromatic carbocycles. The summed E-state index contributed by atoms with van der Waals surface area (Å²) in [5.41, 5.74) is 1.83. The lowest BCUT2D eigenvalue weighted by molar-refractivity contribution is -0.141. The highest BCUT2D eigenvalue weighted by molar-refractivity contribution is 5.73. The first kappa shape index (κ1) is 13.6. The molecule has 3 nitrogen and oxygen atoms in total. The molecule has 0 radical (unpaired) electrons. The topological polar surface area (TPSA) is 40.5 Å². The quantitative estimate of drug-likeness (QED) is 0.938. The highest BCUT2D eigenvalue weighted by atomic mass is 19.1. The van der Waals surface area contributed by atoms with Crippen LogP contribution in [-0.2, 0) is 4.79 Å². The summed E-state index contributed by atoms with van der Waals surface area (Å²) in [6, 6.07) is 15.6. The van der Waals surface area contributed by atoms with Crippen molar-refractivity contribution in [3.63, 3.8) is 0 Å². The molecule has 0 unspecified atom stereocenters. The minimum Gasteiger partial charge on any atom is -0.481 e. The van der Waals surface area contributed by atoms with E-state index < -0.39 is 11.9 Å². The smallest absolute Gasteiger partial charge is 0.309 e. The summed E-state index contributed by atoms with van der Waals surface area (Å²) in [5.74, 6) is -1.52. The molecule has 2 atom stereocenters. The number of hydrogen-bond donors (Lipinski definition) is 1. The standard InChI is InChI=1S/C17H16FNO2/c18-13-6-8-14(9-7-13)19-11-10-15(17(20)21)16(19)12-4-2-1-3-5-12/h1-9,15-16H,10-11H2,(H,20,21)/t15-,16+/m0/s1. The van der Waals surface area contributed by atoms with Gasteiger partial charge in [0.25, 0.3) is 0 Å². The van der Waals surface area contributed by atoms with Gasteiger partial charge in [-0.1, -0.05) is 30.3 Å². The molecular weight excluding hydrogens is 269 g/mol. The van der Waals surface area contributed by atoms with Gasteiger partial charge in [-0.2, -0.15) is 0 Å². The summed E-state index contributed by atoms with van der Waals surface area (Å²) in [5, 5.41) is 9.47. The lowest BCUT2D eigenvalue weighted by Crippen LogP contribution is -2.28. The zero-order valence-electron chi connectivity index (χ0n) is 11.4. The molecule has 2 aromatic rings. The summed E-state index contributed by atoms with van der Waals surface area (Å²) >= 11 is 0. The first-order valence-electron chi connectivity index (χ1n) is 6.97. The molecule has 0 saturated carbocycles. The van der Waals surface area contributed by atoms with E-state index in [4.69, 9.17) is 0 Å². The zero-order valence-corrected chi connectivity index (χ0v) is 11.4. The van der Waals surface area contributed by atoms with Crippen molar-refractivity contribution >= 4 is 11.7 Å². The second-order valence-electron chi connectivity index (χ2n) is 5.26. The number of benzene rings is 2. The number of rotatable bonds is 3. The van der Waals surface area contributed by atoms with Gasteiger partial charge in [-0.15, -0.1) is 0 Å². The normalized spacial score (nSPS) is 21.5. The third kappa shape index (κ3) is 2.61. The van der Waals surface area contributed by atoms with Crippen molar-refractivity contribution in [1.29, 1.82) is 0 Å². The van der Waals surface area contributed by atoms with Gasteiger partial charge in [0.2, 0.25) is 0 Å². The van der Waals surface area contributed by atoms with E-state index in [2.05, 4.69) is 0 Å². The van der Waals surface area contributed by atoms with Crippen LogP contribution >= 0.6 is 0 Å². The van der Waals surface area contributed by atoms with E-state index in [9.17, 15) is 14.3 Å². The molecule has 0 amide bonds. The van der Waals surface area contributed by atoms with Crippen molar-refractivity contribution in [3.8, 4) is 0 Å². The van der Waals surface area contributed by atoms with Crippen LogP contribution in [-0.4, -0.2) is 17.6 Å². The fourth-order valence-electron chi connectivity index (χ4n) is 3.04. The number of hydrogen-bond acceptors (Lipinski definition) is 2. The van der Waals surface area contributed by atoms with Crippen molar-refractivity contribution in [3.05, 3.63) is 66.0 Å². The third-order valence-corrected chi connectivity index (χ3v) is 4.01. The maximum absolute atomic E-state index is 13.1. The molecule has 1 saturated heterocycles. The molecule has 1 heterocycles. The predicted octanol–water partition coefficient (Wildman–Crippen LogP) is 3.48. The predicted molar refractivity (Wildman–Crippen MR) is 78.7 cm³/mol. The SMILES string of the molecule is O=C(O)[C@H]1CCN(c2ccc(F)cc2)[C@@H]1c1ccccc1. The first-order valence-corrected chi connectivity index (χ1v) is 6.97. The van der Waals surface area contributed by atoms with Gasteiger partial charge in [-0.3, -0.25) is 4.79 Å². The van der Waals surface area contributed by atoms with Crippen LogP contribution in [0.3, 0.4) is 0 Å². The Bertz CT molecular complexity index is 627. The Labute approximate surface area is 122 Å². The Kier molecular flexibility index (Phi) is 3.60. The van der Waals surface area contributed by atoms with Crippen molar-refractivity contribution in [2.75, 3.05) is 11.4 Å². The third-order valence-electron chi connectivity index (χ3n) is 4.01. The van der Waals surface area contributed by atoms with Crippen molar-refractivity contribution in [1.82, 2.24) is 0 Å². The average Bonchev–Trinajstić information content (AvgIpc) is 2.94. The fraction of sp³-hybridized carbons (Fsp3) is 0.235. The highest BCUT2D eigenvalue weighted by Crippen LogP contribution is 2.40. The van der Waals surface area contributed by atoms with E-state index in [0.29, 0.717) is 13.0 Å². The minimum absolute atomic E-state index is 0.214. The lowest BCUT2D eigenvalue weighted by Gasteiger charge is -2.29. The summed E-state index contributed by atoms with van der Waals surface area (Å²) in [4.78, 5) is 13.6. The number of carboxylic acid groups (broad SMARTS) is 1. The Morgan fingerprint density at radius 1 is 1.10 bits per heavy atom. The molecule has 0 aliphatic carbocycles. The molecule has 1 fully saturated rings. The molecule has 0 aromatic heterocycles. The lowest BCUT2D eigenvalue weighted by atomic mass is 9.93. The molecule has 0 spiro atoms. The number of carbonyl (C=O) groups is 1. The van der Waals surface area contributed by atoms with Crippen LogP contribution < -0.4 is 4.90 Å². The largest absolute Gasteiger partial charge is 0.481 e. The van der Waals surface area contributed by atoms with Crippen LogP contribution in [0.2, 0.25) is 0 Å². The molecule has 4 heteroatoms. The van der Waals surface area contributed by atoms with Crippen LogP contribution in [0, 0.1) is 11.7 Å². The van der Waals surface area contributed by atoms with Crippen molar-refractivity contribution in [2.24, 2.45) is 5.92 Å². The van der Waals surface area contributed by atoms with E-state index in [0.717, 1.165) is 11.3 Å². The molecule has 1 aliphatic rings. The van der Waals surface area contributed by atoms with E-state index in [1.54, 1.807) is 12.1 Å². The van der Waals surface area contributed by atoms with Gasteiger partial charge in [0.05, 0.1) is 12.0 Å². The van der Waals surface area contributed by atoms with Crippen LogP contribution in [0.5, 0.6) is 0 Å². The van der Waals surface area contributed by atoms with E-state index in [-0.39, 0.29) is 11.9 Å². The Morgan fingerprint density at radius 3 is 2.38 bits per heavy atom. The number of aliphatic carboxylic acids is 1. The van der Waals surface area contributed by atoms with Gasteiger partial charge >= 0.3 is 5.97 Å². The van der Waals surface area contributed by atoms with Gasteiger partial charge in [-0.05, 0) is 36.2 Å². The number of halogens is 1. The van der Waals surface area contributed by atoms with Gasteiger partial charge < -0.3 is 10.0 Å². The second-order valence-corrected chi connectivity index (χ2v) is 5.26. The van der Waals surface area contributed by atoms with Gasteiger partial charge in [0.15, 0.2) is 0 Å². The van der Waals surface area contributed by atoms with Gasteiger partial charge in [0.1, 0.15) is 5.82 Å². The Morgan fingerprint density at radius 2 is 1.76 bits per heavy atom. The Balaban J connectivity index is 1.99. The van der Waals surface area contributed by atoms with Crippen LogP contribution in [0.15, 0.2) is 54.6 Å². The van der Waals surface area contributed by atoms with Crippen molar-refractivity contribution < 1.29 is 14.3 Å². The molecule has 1 N–H and O–H groups in total. The first-order chi connectivity index (χ1) is 10.2. The van der Waals surface area contributed by atoms with Crippen molar-refractivity contribution in [2.45, 2.75) is 12.5 Å². The molecule has 108 valence electrons. The minimum atomic E-state index is -0.784.